The van der Waals surface area contributed by atoms with Crippen molar-refractivity contribution in [2.75, 3.05) is 32.0 Å². The van der Waals surface area contributed by atoms with Crippen LogP contribution in [0.1, 0.15) is 40.9 Å². The number of aryl methyl sites for hydroxylation is 2. The molecule has 116 valence electrons. The fraction of sp³-hybridized carbons (Fsp3) is 0.625. The number of hydrogen-bond donors (Lipinski definition) is 2. The number of piperidine rings is 1. The lowest BCUT2D eigenvalue weighted by atomic mass is 9.95. The highest BCUT2D eigenvalue weighted by molar-refractivity contribution is 5.97. The van der Waals surface area contributed by atoms with Gasteiger partial charge in [0, 0.05) is 18.8 Å². The Hall–Kier alpha value is -1.62. The van der Waals surface area contributed by atoms with E-state index in [0.717, 1.165) is 36.7 Å². The molecule has 1 atom stereocenters. The summed E-state index contributed by atoms with van der Waals surface area (Å²) in [6.45, 7) is 7.07. The van der Waals surface area contributed by atoms with E-state index >= 15 is 0 Å². The molecule has 0 radical (unpaired) electrons. The van der Waals surface area contributed by atoms with Gasteiger partial charge in [-0.3, -0.25) is 4.79 Å². The van der Waals surface area contributed by atoms with E-state index in [-0.39, 0.29) is 0 Å². The third-order valence-corrected chi connectivity index (χ3v) is 4.30. The Morgan fingerprint density at radius 1 is 1.52 bits per heavy atom. The maximum atomic E-state index is 11.5. The van der Waals surface area contributed by atoms with Crippen LogP contribution in [0.25, 0.3) is 0 Å². The van der Waals surface area contributed by atoms with Crippen LogP contribution in [-0.2, 0) is 0 Å². The normalized spacial score (nSPS) is 19.5. The third-order valence-electron chi connectivity index (χ3n) is 4.30. The number of hydrogen-bond acceptors (Lipinski definition) is 4. The molecule has 2 rings (SSSR count). The number of nitrogens with two attached hydrogens (primary N) is 1. The summed E-state index contributed by atoms with van der Waals surface area (Å²) in [5.41, 5.74) is 7.85. The fourth-order valence-electron chi connectivity index (χ4n) is 2.93. The molecule has 0 bridgehead atoms. The van der Waals surface area contributed by atoms with Crippen molar-refractivity contribution >= 4 is 11.7 Å². The van der Waals surface area contributed by atoms with Gasteiger partial charge in [0.05, 0.1) is 5.56 Å². The van der Waals surface area contributed by atoms with E-state index in [1.165, 1.54) is 19.4 Å². The highest BCUT2D eigenvalue weighted by Crippen LogP contribution is 2.20. The van der Waals surface area contributed by atoms with E-state index in [1.54, 1.807) is 0 Å². The summed E-state index contributed by atoms with van der Waals surface area (Å²) in [5, 5.41) is 3.29. The van der Waals surface area contributed by atoms with E-state index in [2.05, 4.69) is 22.2 Å². The van der Waals surface area contributed by atoms with Gasteiger partial charge in [-0.2, -0.15) is 0 Å². The second-order valence-electron chi connectivity index (χ2n) is 6.14. The van der Waals surface area contributed by atoms with Gasteiger partial charge < -0.3 is 16.0 Å². The van der Waals surface area contributed by atoms with Crippen LogP contribution in [0.4, 0.5) is 5.82 Å². The molecular weight excluding hydrogens is 264 g/mol. The van der Waals surface area contributed by atoms with Gasteiger partial charge in [0.1, 0.15) is 5.82 Å². The zero-order valence-electron chi connectivity index (χ0n) is 13.3. The molecule has 1 aromatic rings. The molecule has 0 aromatic carbocycles. The molecule has 0 aliphatic carbocycles. The number of nitrogens with one attached hydrogen (secondary N) is 1. The van der Waals surface area contributed by atoms with Crippen LogP contribution in [0.2, 0.25) is 0 Å². The topological polar surface area (TPSA) is 71.2 Å². The lowest BCUT2D eigenvalue weighted by Crippen LogP contribution is -2.33. The van der Waals surface area contributed by atoms with Crippen LogP contribution in [0, 0.1) is 19.8 Å². The summed E-state index contributed by atoms with van der Waals surface area (Å²) >= 11 is 0. The maximum Gasteiger partial charge on any atom is 0.252 e. The van der Waals surface area contributed by atoms with Gasteiger partial charge in [0.15, 0.2) is 0 Å². The number of primary amides is 1. The SMILES string of the molecule is Cc1cc(C(N)=O)c(NCCC2CCCN(C)C2)nc1C. The molecular formula is C16H26N4O. The Labute approximate surface area is 126 Å². The lowest BCUT2D eigenvalue weighted by molar-refractivity contribution is 0.100. The number of likely N-dealkylation sites (tertiary alicyclic amines) is 1. The van der Waals surface area contributed by atoms with Crippen molar-refractivity contribution in [1.82, 2.24) is 9.88 Å². The van der Waals surface area contributed by atoms with Gasteiger partial charge in [0.2, 0.25) is 0 Å². The van der Waals surface area contributed by atoms with Gasteiger partial charge in [0.25, 0.3) is 5.91 Å². The molecule has 1 amide bonds. The van der Waals surface area contributed by atoms with Crippen molar-refractivity contribution in [1.29, 1.82) is 0 Å². The predicted molar refractivity (Wildman–Crippen MR) is 85.6 cm³/mol. The quantitative estimate of drug-likeness (QED) is 0.869. The van der Waals surface area contributed by atoms with Crippen molar-refractivity contribution in [2.45, 2.75) is 33.1 Å². The first-order valence-corrected chi connectivity index (χ1v) is 7.68. The first kappa shape index (κ1) is 15.8. The molecule has 1 aliphatic rings. The number of aromatic nitrogens is 1. The number of anilines is 1. The van der Waals surface area contributed by atoms with E-state index < -0.39 is 5.91 Å². The van der Waals surface area contributed by atoms with E-state index in [9.17, 15) is 4.79 Å². The monoisotopic (exact) mass is 290 g/mol. The fourth-order valence-corrected chi connectivity index (χ4v) is 2.93. The molecule has 0 spiro atoms. The second kappa shape index (κ2) is 6.89. The number of pyridine rings is 1. The van der Waals surface area contributed by atoms with Gasteiger partial charge in [-0.15, -0.1) is 0 Å². The molecule has 1 saturated heterocycles. The average Bonchev–Trinajstić information content (AvgIpc) is 2.42. The van der Waals surface area contributed by atoms with Crippen molar-refractivity contribution < 1.29 is 4.79 Å². The van der Waals surface area contributed by atoms with Crippen LogP contribution >= 0.6 is 0 Å². The number of carbonyl (C=O) groups is 1. The first-order chi connectivity index (χ1) is 9.97. The predicted octanol–water partition coefficient (Wildman–Crippen LogP) is 1.94. The molecule has 1 aromatic heterocycles. The largest absolute Gasteiger partial charge is 0.369 e. The minimum atomic E-state index is -0.425. The average molecular weight is 290 g/mol. The van der Waals surface area contributed by atoms with Gasteiger partial charge in [-0.1, -0.05) is 0 Å². The first-order valence-electron chi connectivity index (χ1n) is 7.68. The Morgan fingerprint density at radius 2 is 2.29 bits per heavy atom. The molecule has 5 nitrogen and oxygen atoms in total. The van der Waals surface area contributed by atoms with Crippen LogP contribution in [0.5, 0.6) is 0 Å². The zero-order chi connectivity index (χ0) is 15.4. The highest BCUT2D eigenvalue weighted by atomic mass is 16.1. The van der Waals surface area contributed by atoms with Crippen molar-refractivity contribution in [3.63, 3.8) is 0 Å². The standard InChI is InChI=1S/C16H26N4O/c1-11-9-14(15(17)21)16(19-12(11)2)18-7-6-13-5-4-8-20(3)10-13/h9,13H,4-8,10H2,1-3H3,(H2,17,21)(H,18,19). The van der Waals surface area contributed by atoms with Gasteiger partial charge in [-0.05, 0) is 64.3 Å². The molecule has 3 N–H and O–H groups in total. The maximum absolute atomic E-state index is 11.5. The molecule has 1 fully saturated rings. The second-order valence-corrected chi connectivity index (χ2v) is 6.14. The lowest BCUT2D eigenvalue weighted by Gasteiger charge is -2.29. The zero-order valence-corrected chi connectivity index (χ0v) is 13.3. The third kappa shape index (κ3) is 4.17. The number of amides is 1. The summed E-state index contributed by atoms with van der Waals surface area (Å²) in [6.07, 6.45) is 3.65. The van der Waals surface area contributed by atoms with E-state index in [1.807, 2.05) is 19.9 Å². The molecule has 5 heteroatoms. The smallest absolute Gasteiger partial charge is 0.252 e. The Bertz CT molecular complexity index is 515. The summed E-state index contributed by atoms with van der Waals surface area (Å²) in [7, 11) is 2.18. The van der Waals surface area contributed by atoms with Crippen LogP contribution in [0.3, 0.4) is 0 Å². The van der Waals surface area contributed by atoms with Crippen LogP contribution < -0.4 is 11.1 Å². The summed E-state index contributed by atoms with van der Waals surface area (Å²) in [6, 6.07) is 1.82. The highest BCUT2D eigenvalue weighted by Gasteiger charge is 2.17. The van der Waals surface area contributed by atoms with Gasteiger partial charge >= 0.3 is 0 Å². The summed E-state index contributed by atoms with van der Waals surface area (Å²) in [4.78, 5) is 18.4. The Kier molecular flexibility index (Phi) is 5.17. The van der Waals surface area contributed by atoms with E-state index in [4.69, 9.17) is 5.73 Å². The molecule has 2 heterocycles. The Morgan fingerprint density at radius 3 is 2.95 bits per heavy atom. The van der Waals surface area contributed by atoms with Crippen molar-refractivity contribution in [3.8, 4) is 0 Å². The molecule has 21 heavy (non-hydrogen) atoms. The van der Waals surface area contributed by atoms with Gasteiger partial charge in [-0.25, -0.2) is 4.98 Å². The van der Waals surface area contributed by atoms with Crippen LogP contribution in [-0.4, -0.2) is 42.5 Å². The minimum absolute atomic E-state index is 0.425. The number of carbonyl (C=O) groups excluding carboxylic acids is 1. The number of rotatable bonds is 5. The summed E-state index contributed by atoms with van der Waals surface area (Å²) in [5.74, 6) is 0.917. The van der Waals surface area contributed by atoms with Crippen LogP contribution in [0.15, 0.2) is 6.07 Å². The minimum Gasteiger partial charge on any atom is -0.369 e. The molecule has 1 aliphatic heterocycles. The molecule has 1 unspecified atom stereocenters. The Balaban J connectivity index is 1.96. The van der Waals surface area contributed by atoms with Crippen molar-refractivity contribution in [2.24, 2.45) is 11.7 Å². The number of nitrogens with zero attached hydrogens (tertiary/aromatic N) is 2. The molecule has 0 saturated carbocycles. The van der Waals surface area contributed by atoms with E-state index in [0.29, 0.717) is 11.4 Å². The van der Waals surface area contributed by atoms with Crippen molar-refractivity contribution in [3.05, 3.63) is 22.9 Å². The summed E-state index contributed by atoms with van der Waals surface area (Å²) < 4.78 is 0.